The number of aliphatic hydroxyl groups excluding tert-OH is 3. The van der Waals surface area contributed by atoms with Gasteiger partial charge in [0.2, 0.25) is 0 Å². The summed E-state index contributed by atoms with van der Waals surface area (Å²) in [6.45, 7) is 1.32. The van der Waals surface area contributed by atoms with Crippen molar-refractivity contribution in [2.75, 3.05) is 11.9 Å². The van der Waals surface area contributed by atoms with Crippen LogP contribution in [0.5, 0.6) is 0 Å². The van der Waals surface area contributed by atoms with Crippen LogP contribution < -0.4 is 5.32 Å². The highest BCUT2D eigenvalue weighted by molar-refractivity contribution is 5.57. The van der Waals surface area contributed by atoms with Crippen LogP contribution in [-0.2, 0) is 4.74 Å². The highest BCUT2D eigenvalue weighted by Gasteiger charge is 2.42. The monoisotopic (exact) mass is 284 g/mol. The molecule has 0 radical (unpaired) electrons. The summed E-state index contributed by atoms with van der Waals surface area (Å²) in [5.41, 5.74) is 1.06. The number of nitro benzene ring substituents is 1. The molecule has 1 aliphatic heterocycles. The molecule has 8 heteroatoms. The Labute approximate surface area is 114 Å². The predicted molar refractivity (Wildman–Crippen MR) is 69.2 cm³/mol. The third-order valence-corrected chi connectivity index (χ3v) is 3.27. The first-order valence-corrected chi connectivity index (χ1v) is 6.08. The number of aryl methyl sites for hydroxylation is 1. The Morgan fingerprint density at radius 3 is 2.65 bits per heavy atom. The van der Waals surface area contributed by atoms with Crippen molar-refractivity contribution in [3.8, 4) is 0 Å². The molecule has 0 spiro atoms. The van der Waals surface area contributed by atoms with E-state index in [-0.39, 0.29) is 5.69 Å². The topological polar surface area (TPSA) is 125 Å². The first kappa shape index (κ1) is 14.7. The van der Waals surface area contributed by atoms with E-state index in [1.807, 2.05) is 0 Å². The van der Waals surface area contributed by atoms with Gasteiger partial charge >= 0.3 is 0 Å². The summed E-state index contributed by atoms with van der Waals surface area (Å²) in [6.07, 6.45) is -4.27. The van der Waals surface area contributed by atoms with E-state index >= 15 is 0 Å². The third-order valence-electron chi connectivity index (χ3n) is 3.27. The van der Waals surface area contributed by atoms with Crippen LogP contribution in [-0.4, -0.2) is 51.4 Å². The Bertz CT molecular complexity index is 509. The smallest absolute Gasteiger partial charge is 0.271 e. The molecule has 2 rings (SSSR count). The molecule has 4 N–H and O–H groups in total. The number of nitrogens with one attached hydrogen (secondary N) is 1. The summed E-state index contributed by atoms with van der Waals surface area (Å²) in [5, 5.41) is 42.0. The van der Waals surface area contributed by atoms with Crippen molar-refractivity contribution in [3.05, 3.63) is 33.9 Å². The lowest BCUT2D eigenvalue weighted by Gasteiger charge is -2.19. The van der Waals surface area contributed by atoms with Gasteiger partial charge in [0, 0.05) is 17.8 Å². The van der Waals surface area contributed by atoms with Crippen LogP contribution in [0, 0.1) is 17.0 Å². The molecule has 8 nitrogen and oxygen atoms in total. The zero-order chi connectivity index (χ0) is 14.9. The molecule has 1 saturated heterocycles. The zero-order valence-corrected chi connectivity index (χ0v) is 10.8. The maximum atomic E-state index is 10.7. The molecule has 1 aliphatic rings. The molecule has 0 saturated carbocycles. The standard InChI is InChI=1S/C12H16N2O6/c1-6-2-3-7(14(18)19)4-8(6)13-12-11(17)10(16)9(5-15)20-12/h2-4,9-13,15-17H,5H2,1H3/t9-,10-,11-,12-/m1/s1. The second-order valence-electron chi connectivity index (χ2n) is 4.66. The van der Waals surface area contributed by atoms with E-state index in [1.54, 1.807) is 13.0 Å². The van der Waals surface area contributed by atoms with E-state index in [4.69, 9.17) is 9.84 Å². The predicted octanol–water partition coefficient (Wildman–Crippen LogP) is -0.246. The van der Waals surface area contributed by atoms with Gasteiger partial charge in [-0.25, -0.2) is 0 Å². The lowest BCUT2D eigenvalue weighted by Crippen LogP contribution is -2.36. The van der Waals surface area contributed by atoms with Gasteiger partial charge in [-0.15, -0.1) is 0 Å². The highest BCUT2D eigenvalue weighted by atomic mass is 16.6. The average molecular weight is 284 g/mol. The van der Waals surface area contributed by atoms with E-state index in [2.05, 4.69) is 5.32 Å². The molecule has 20 heavy (non-hydrogen) atoms. The Kier molecular flexibility index (Phi) is 4.19. The number of aliphatic hydroxyl groups is 3. The SMILES string of the molecule is Cc1ccc([N+](=O)[O-])cc1N[C@@H]1O[C@H](CO)[C@@H](O)[C@H]1O. The number of non-ortho nitro benzene ring substituents is 1. The lowest BCUT2D eigenvalue weighted by atomic mass is 10.1. The Balaban J connectivity index is 2.18. The fourth-order valence-corrected chi connectivity index (χ4v) is 2.05. The van der Waals surface area contributed by atoms with E-state index in [9.17, 15) is 20.3 Å². The minimum Gasteiger partial charge on any atom is -0.394 e. The minimum absolute atomic E-state index is 0.0927. The van der Waals surface area contributed by atoms with Crippen LogP contribution >= 0.6 is 0 Å². The van der Waals surface area contributed by atoms with Gasteiger partial charge in [0.25, 0.3) is 5.69 Å². The minimum atomic E-state index is -1.23. The molecule has 1 heterocycles. The summed E-state index contributed by atoms with van der Waals surface area (Å²) < 4.78 is 5.26. The number of hydrogen-bond acceptors (Lipinski definition) is 7. The first-order valence-electron chi connectivity index (χ1n) is 6.08. The maximum absolute atomic E-state index is 10.7. The Morgan fingerprint density at radius 2 is 2.10 bits per heavy atom. The van der Waals surface area contributed by atoms with E-state index in [0.717, 1.165) is 5.56 Å². The van der Waals surface area contributed by atoms with Gasteiger partial charge in [0.05, 0.1) is 11.5 Å². The normalized spacial score (nSPS) is 29.4. The molecule has 4 atom stereocenters. The number of nitro groups is 1. The van der Waals surface area contributed by atoms with Crippen LogP contribution in [0.4, 0.5) is 11.4 Å². The van der Waals surface area contributed by atoms with Crippen LogP contribution in [0.3, 0.4) is 0 Å². The van der Waals surface area contributed by atoms with E-state index in [1.165, 1.54) is 12.1 Å². The largest absolute Gasteiger partial charge is 0.394 e. The summed E-state index contributed by atoms with van der Waals surface area (Å²) >= 11 is 0. The molecular weight excluding hydrogens is 268 g/mol. The number of rotatable bonds is 4. The lowest BCUT2D eigenvalue weighted by molar-refractivity contribution is -0.384. The molecule has 0 aromatic heterocycles. The second-order valence-corrected chi connectivity index (χ2v) is 4.66. The Hall–Kier alpha value is -1.74. The van der Waals surface area contributed by atoms with Crippen LogP contribution in [0.15, 0.2) is 18.2 Å². The van der Waals surface area contributed by atoms with Crippen molar-refractivity contribution < 1.29 is 25.0 Å². The number of nitrogens with zero attached hydrogens (tertiary/aromatic N) is 1. The Morgan fingerprint density at radius 1 is 1.40 bits per heavy atom. The van der Waals surface area contributed by atoms with Gasteiger partial charge in [-0.1, -0.05) is 6.07 Å². The number of anilines is 1. The summed E-state index contributed by atoms with van der Waals surface area (Å²) in [7, 11) is 0. The molecule has 1 aromatic carbocycles. The third kappa shape index (κ3) is 2.73. The van der Waals surface area contributed by atoms with Gasteiger partial charge in [-0.2, -0.15) is 0 Å². The number of ether oxygens (including phenoxy) is 1. The molecular formula is C12H16N2O6. The molecule has 0 aliphatic carbocycles. The van der Waals surface area contributed by atoms with Gasteiger partial charge < -0.3 is 25.4 Å². The van der Waals surface area contributed by atoms with E-state index < -0.39 is 36.1 Å². The van der Waals surface area contributed by atoms with Crippen LogP contribution in [0.25, 0.3) is 0 Å². The fraction of sp³-hybridized carbons (Fsp3) is 0.500. The molecule has 1 fully saturated rings. The number of benzene rings is 1. The van der Waals surface area contributed by atoms with Crippen LogP contribution in [0.1, 0.15) is 5.56 Å². The second kappa shape index (κ2) is 5.71. The molecule has 1 aromatic rings. The molecule has 0 unspecified atom stereocenters. The van der Waals surface area contributed by atoms with Gasteiger partial charge in [-0.3, -0.25) is 10.1 Å². The van der Waals surface area contributed by atoms with Crippen molar-refractivity contribution >= 4 is 11.4 Å². The number of hydrogen-bond donors (Lipinski definition) is 4. The van der Waals surface area contributed by atoms with Gasteiger partial charge in [0.1, 0.15) is 18.3 Å². The highest BCUT2D eigenvalue weighted by Crippen LogP contribution is 2.27. The van der Waals surface area contributed by atoms with Crippen LogP contribution in [0.2, 0.25) is 0 Å². The molecule has 0 bridgehead atoms. The summed E-state index contributed by atoms with van der Waals surface area (Å²) in [5.74, 6) is 0. The average Bonchev–Trinajstić information content (AvgIpc) is 2.68. The van der Waals surface area contributed by atoms with Crippen molar-refractivity contribution in [2.45, 2.75) is 31.5 Å². The van der Waals surface area contributed by atoms with Crippen molar-refractivity contribution in [1.29, 1.82) is 0 Å². The zero-order valence-electron chi connectivity index (χ0n) is 10.8. The molecule has 0 amide bonds. The summed E-state index contributed by atoms with van der Waals surface area (Å²) in [4.78, 5) is 10.2. The van der Waals surface area contributed by atoms with Gasteiger partial charge in [-0.05, 0) is 12.5 Å². The molecule has 110 valence electrons. The quantitative estimate of drug-likeness (QED) is 0.444. The fourth-order valence-electron chi connectivity index (χ4n) is 2.05. The summed E-state index contributed by atoms with van der Waals surface area (Å²) in [6, 6.07) is 4.27. The maximum Gasteiger partial charge on any atom is 0.271 e. The van der Waals surface area contributed by atoms with Crippen molar-refractivity contribution in [2.24, 2.45) is 0 Å². The van der Waals surface area contributed by atoms with E-state index in [0.29, 0.717) is 5.69 Å². The first-order chi connectivity index (χ1) is 9.43. The van der Waals surface area contributed by atoms with Gasteiger partial charge in [0.15, 0.2) is 6.23 Å². The van der Waals surface area contributed by atoms with Crippen molar-refractivity contribution in [3.63, 3.8) is 0 Å². The van der Waals surface area contributed by atoms with Crippen molar-refractivity contribution in [1.82, 2.24) is 0 Å².